The predicted molar refractivity (Wildman–Crippen MR) is 76.7 cm³/mol. The van der Waals surface area contributed by atoms with Crippen LogP contribution in [0.25, 0.3) is 10.2 Å². The number of rotatable bonds is 4. The highest BCUT2D eigenvalue weighted by atomic mass is 32.1. The van der Waals surface area contributed by atoms with E-state index < -0.39 is 0 Å². The molecule has 0 unspecified atom stereocenters. The van der Waals surface area contributed by atoms with Crippen molar-refractivity contribution >= 4 is 26.7 Å². The number of methoxy groups -OCH3 is 1. The van der Waals surface area contributed by atoms with Crippen molar-refractivity contribution in [2.45, 2.75) is 38.1 Å². The second-order valence-electron chi connectivity index (χ2n) is 4.97. The van der Waals surface area contributed by atoms with E-state index in [1.165, 1.54) is 30.4 Å². The van der Waals surface area contributed by atoms with E-state index in [4.69, 9.17) is 4.74 Å². The van der Waals surface area contributed by atoms with Gasteiger partial charge in [-0.3, -0.25) is 0 Å². The van der Waals surface area contributed by atoms with Gasteiger partial charge in [-0.2, -0.15) is 0 Å². The van der Waals surface area contributed by atoms with Gasteiger partial charge in [-0.1, -0.05) is 18.3 Å². The Morgan fingerprint density at radius 3 is 2.89 bits per heavy atom. The molecule has 4 heteroatoms. The summed E-state index contributed by atoms with van der Waals surface area (Å²) in [5, 5.41) is 4.68. The minimum Gasteiger partial charge on any atom is -0.497 e. The minimum atomic E-state index is 0.304. The first-order chi connectivity index (χ1) is 8.74. The third kappa shape index (κ3) is 1.94. The Bertz CT molecular complexity index is 554. The molecule has 0 aliphatic heterocycles. The number of aromatic nitrogens is 1. The lowest BCUT2D eigenvalue weighted by molar-refractivity contribution is 0.269. The van der Waals surface area contributed by atoms with Crippen molar-refractivity contribution in [1.82, 2.24) is 4.98 Å². The topological polar surface area (TPSA) is 34.2 Å². The highest BCUT2D eigenvalue weighted by molar-refractivity contribution is 7.22. The molecule has 0 amide bonds. The molecule has 3 rings (SSSR count). The summed E-state index contributed by atoms with van der Waals surface area (Å²) in [6.45, 7) is 2.25. The van der Waals surface area contributed by atoms with Crippen molar-refractivity contribution < 1.29 is 4.74 Å². The molecule has 0 spiro atoms. The smallest absolute Gasteiger partial charge is 0.184 e. The molecule has 1 aliphatic rings. The van der Waals surface area contributed by atoms with Crippen molar-refractivity contribution in [3.8, 4) is 5.75 Å². The maximum Gasteiger partial charge on any atom is 0.184 e. The molecule has 3 nitrogen and oxygen atoms in total. The normalized spacial score (nSPS) is 17.4. The SMILES string of the molecule is CCC1(Nc2nc3ccc(OC)cc3s2)CCC1. The van der Waals surface area contributed by atoms with Crippen LogP contribution in [0.4, 0.5) is 5.13 Å². The number of anilines is 1. The van der Waals surface area contributed by atoms with Crippen LogP contribution >= 0.6 is 11.3 Å². The molecule has 1 aliphatic carbocycles. The Morgan fingerprint density at radius 1 is 1.44 bits per heavy atom. The van der Waals surface area contributed by atoms with E-state index in [0.29, 0.717) is 5.54 Å². The standard InChI is InChI=1S/C14H18N2OS/c1-3-14(7-4-8-14)16-13-15-11-6-5-10(17-2)9-12(11)18-13/h5-6,9H,3-4,7-8H2,1-2H3,(H,15,16). The fourth-order valence-electron chi connectivity index (χ4n) is 2.48. The van der Waals surface area contributed by atoms with Crippen LogP contribution in [-0.2, 0) is 0 Å². The average Bonchev–Trinajstić information content (AvgIpc) is 2.74. The van der Waals surface area contributed by atoms with Gasteiger partial charge in [0.1, 0.15) is 5.75 Å². The third-order valence-corrected chi connectivity index (χ3v) is 4.89. The monoisotopic (exact) mass is 262 g/mol. The minimum absolute atomic E-state index is 0.304. The summed E-state index contributed by atoms with van der Waals surface area (Å²) >= 11 is 1.72. The lowest BCUT2D eigenvalue weighted by Gasteiger charge is -2.41. The number of thiazole rings is 1. The van der Waals surface area contributed by atoms with Gasteiger partial charge in [0.15, 0.2) is 5.13 Å². The third-order valence-electron chi connectivity index (χ3n) is 3.96. The van der Waals surface area contributed by atoms with Gasteiger partial charge >= 0.3 is 0 Å². The maximum atomic E-state index is 5.24. The molecule has 0 atom stereocenters. The zero-order valence-corrected chi connectivity index (χ0v) is 11.6. The van der Waals surface area contributed by atoms with Crippen LogP contribution in [0.15, 0.2) is 18.2 Å². The summed E-state index contributed by atoms with van der Waals surface area (Å²) in [4.78, 5) is 4.65. The van der Waals surface area contributed by atoms with E-state index in [2.05, 4.69) is 23.3 Å². The van der Waals surface area contributed by atoms with E-state index in [0.717, 1.165) is 16.4 Å². The van der Waals surface area contributed by atoms with Gasteiger partial charge in [0.25, 0.3) is 0 Å². The summed E-state index contributed by atoms with van der Waals surface area (Å²) < 4.78 is 6.43. The second kappa shape index (κ2) is 4.43. The highest BCUT2D eigenvalue weighted by Crippen LogP contribution is 2.40. The largest absolute Gasteiger partial charge is 0.497 e. The molecular weight excluding hydrogens is 244 g/mol. The average molecular weight is 262 g/mol. The molecule has 1 fully saturated rings. The maximum absolute atomic E-state index is 5.24. The molecule has 1 aromatic carbocycles. The Labute approximate surface area is 111 Å². The van der Waals surface area contributed by atoms with Gasteiger partial charge < -0.3 is 10.1 Å². The number of nitrogens with one attached hydrogen (secondary N) is 1. The number of hydrogen-bond acceptors (Lipinski definition) is 4. The molecule has 1 heterocycles. The second-order valence-corrected chi connectivity index (χ2v) is 6.00. The quantitative estimate of drug-likeness (QED) is 0.902. The van der Waals surface area contributed by atoms with E-state index in [9.17, 15) is 0 Å². The number of nitrogens with zero attached hydrogens (tertiary/aromatic N) is 1. The van der Waals surface area contributed by atoms with E-state index >= 15 is 0 Å². The van der Waals surface area contributed by atoms with Crippen molar-refractivity contribution in [2.24, 2.45) is 0 Å². The Hall–Kier alpha value is -1.29. The van der Waals surface area contributed by atoms with Crippen LogP contribution in [0.2, 0.25) is 0 Å². The van der Waals surface area contributed by atoms with Gasteiger partial charge in [-0.15, -0.1) is 0 Å². The van der Waals surface area contributed by atoms with E-state index in [1.807, 2.05) is 12.1 Å². The summed E-state index contributed by atoms with van der Waals surface area (Å²) in [6, 6.07) is 6.04. The molecule has 0 radical (unpaired) electrons. The van der Waals surface area contributed by atoms with Crippen LogP contribution in [0.5, 0.6) is 5.75 Å². The van der Waals surface area contributed by atoms with Crippen molar-refractivity contribution in [3.63, 3.8) is 0 Å². The van der Waals surface area contributed by atoms with E-state index in [-0.39, 0.29) is 0 Å². The molecule has 96 valence electrons. The Balaban J connectivity index is 1.88. The summed E-state index contributed by atoms with van der Waals surface area (Å²) in [5.41, 5.74) is 1.35. The van der Waals surface area contributed by atoms with Crippen LogP contribution in [0.3, 0.4) is 0 Å². The fraction of sp³-hybridized carbons (Fsp3) is 0.500. The first-order valence-electron chi connectivity index (χ1n) is 6.47. The summed E-state index contributed by atoms with van der Waals surface area (Å²) in [6.07, 6.45) is 5.04. The van der Waals surface area contributed by atoms with Crippen LogP contribution in [0.1, 0.15) is 32.6 Å². The number of ether oxygens (including phenoxy) is 1. The van der Waals surface area contributed by atoms with Crippen molar-refractivity contribution in [3.05, 3.63) is 18.2 Å². The predicted octanol–water partition coefficient (Wildman–Crippen LogP) is 4.05. The van der Waals surface area contributed by atoms with E-state index in [1.54, 1.807) is 18.4 Å². The lowest BCUT2D eigenvalue weighted by atomic mass is 9.75. The lowest BCUT2D eigenvalue weighted by Crippen LogP contribution is -2.44. The highest BCUT2D eigenvalue weighted by Gasteiger charge is 2.35. The summed E-state index contributed by atoms with van der Waals surface area (Å²) in [7, 11) is 1.70. The van der Waals surface area contributed by atoms with Gasteiger partial charge in [0, 0.05) is 5.54 Å². The molecule has 1 saturated carbocycles. The Kier molecular flexibility index (Phi) is 2.90. The number of benzene rings is 1. The molecular formula is C14H18N2OS. The zero-order chi connectivity index (χ0) is 12.6. The molecule has 0 saturated heterocycles. The van der Waals surface area contributed by atoms with Crippen LogP contribution in [-0.4, -0.2) is 17.6 Å². The first kappa shape index (κ1) is 11.8. The molecule has 1 aromatic heterocycles. The number of hydrogen-bond donors (Lipinski definition) is 1. The van der Waals surface area contributed by atoms with Gasteiger partial charge in [-0.05, 0) is 43.9 Å². The fourth-order valence-corrected chi connectivity index (χ4v) is 3.50. The Morgan fingerprint density at radius 2 is 2.28 bits per heavy atom. The van der Waals surface area contributed by atoms with Gasteiger partial charge in [0.05, 0.1) is 17.3 Å². The summed E-state index contributed by atoms with van der Waals surface area (Å²) in [5.74, 6) is 0.895. The molecule has 1 N–H and O–H groups in total. The number of fused-ring (bicyclic) bond motifs is 1. The first-order valence-corrected chi connectivity index (χ1v) is 7.29. The van der Waals surface area contributed by atoms with Crippen molar-refractivity contribution in [2.75, 3.05) is 12.4 Å². The van der Waals surface area contributed by atoms with Crippen LogP contribution in [0, 0.1) is 0 Å². The zero-order valence-electron chi connectivity index (χ0n) is 10.8. The van der Waals surface area contributed by atoms with Gasteiger partial charge in [-0.25, -0.2) is 4.98 Å². The van der Waals surface area contributed by atoms with Gasteiger partial charge in [0.2, 0.25) is 0 Å². The molecule has 0 bridgehead atoms. The molecule has 18 heavy (non-hydrogen) atoms. The molecule has 2 aromatic rings. The van der Waals surface area contributed by atoms with Crippen LogP contribution < -0.4 is 10.1 Å². The van der Waals surface area contributed by atoms with Crippen molar-refractivity contribution in [1.29, 1.82) is 0 Å².